The highest BCUT2D eigenvalue weighted by Crippen LogP contribution is 2.06. The molecule has 0 fully saturated rings. The van der Waals surface area contributed by atoms with E-state index in [0.29, 0.717) is 5.82 Å². The quantitative estimate of drug-likeness (QED) is 0.734. The number of amides is 1. The van der Waals surface area contributed by atoms with Crippen molar-refractivity contribution in [3.63, 3.8) is 0 Å². The van der Waals surface area contributed by atoms with Gasteiger partial charge in [-0.15, -0.1) is 0 Å². The van der Waals surface area contributed by atoms with Crippen LogP contribution in [0.3, 0.4) is 0 Å². The van der Waals surface area contributed by atoms with Crippen LogP contribution >= 0.6 is 11.6 Å². The summed E-state index contributed by atoms with van der Waals surface area (Å²) in [5.41, 5.74) is 0. The Bertz CT molecular complexity index is 338. The van der Waals surface area contributed by atoms with Gasteiger partial charge < -0.3 is 5.32 Å². The average molecular weight is 198 g/mol. The van der Waals surface area contributed by atoms with Gasteiger partial charge in [0.05, 0.1) is 12.4 Å². The highest BCUT2D eigenvalue weighted by atomic mass is 35.5. The van der Waals surface area contributed by atoms with Crippen molar-refractivity contribution in [3.8, 4) is 0 Å². The fourth-order valence-corrected chi connectivity index (χ4v) is 0.869. The highest BCUT2D eigenvalue weighted by molar-refractivity contribution is 6.29. The Morgan fingerprint density at radius 3 is 3.00 bits per heavy atom. The molecule has 0 spiro atoms. The molecule has 1 aromatic heterocycles. The summed E-state index contributed by atoms with van der Waals surface area (Å²) in [6, 6.07) is 0. The summed E-state index contributed by atoms with van der Waals surface area (Å²) in [6.45, 7) is 1.75. The monoisotopic (exact) mass is 197 g/mol. The molecule has 0 aliphatic rings. The predicted octanol–water partition coefficient (Wildman–Crippen LogP) is 1.64. The Kier molecular flexibility index (Phi) is 3.40. The molecule has 0 radical (unpaired) electrons. The molecule has 0 saturated heterocycles. The maximum absolute atomic E-state index is 11.0. The van der Waals surface area contributed by atoms with E-state index in [9.17, 15) is 4.79 Å². The minimum Gasteiger partial charge on any atom is -0.306 e. The number of carbonyl (C=O) groups excluding carboxylic acids is 1. The number of carbonyl (C=O) groups is 1. The van der Waals surface area contributed by atoms with Gasteiger partial charge in [-0.05, 0) is 13.0 Å². The zero-order valence-electron chi connectivity index (χ0n) is 6.99. The topological polar surface area (TPSA) is 54.9 Å². The maximum atomic E-state index is 11.0. The Labute approximate surface area is 80.7 Å². The van der Waals surface area contributed by atoms with Gasteiger partial charge in [0.25, 0.3) is 0 Å². The van der Waals surface area contributed by atoms with E-state index in [1.165, 1.54) is 18.5 Å². The molecule has 0 aliphatic heterocycles. The number of nitrogens with one attached hydrogen (secondary N) is 1. The van der Waals surface area contributed by atoms with E-state index >= 15 is 0 Å². The second kappa shape index (κ2) is 4.57. The molecule has 1 amide bonds. The predicted molar refractivity (Wildman–Crippen MR) is 50.5 cm³/mol. The first kappa shape index (κ1) is 9.67. The lowest BCUT2D eigenvalue weighted by molar-refractivity contribution is -0.111. The molecule has 0 saturated carbocycles. The summed E-state index contributed by atoms with van der Waals surface area (Å²) in [4.78, 5) is 18.6. The largest absolute Gasteiger partial charge is 0.306 e. The third kappa shape index (κ3) is 3.21. The Hall–Kier alpha value is -1.42. The normalized spacial score (nSPS) is 10.3. The number of anilines is 1. The van der Waals surface area contributed by atoms with Crippen LogP contribution in [0.1, 0.15) is 6.92 Å². The number of rotatable bonds is 2. The van der Waals surface area contributed by atoms with Gasteiger partial charge in [0, 0.05) is 0 Å². The van der Waals surface area contributed by atoms with Crippen molar-refractivity contribution in [1.82, 2.24) is 9.97 Å². The average Bonchev–Trinajstić information content (AvgIpc) is 2.04. The van der Waals surface area contributed by atoms with Crippen LogP contribution in [0, 0.1) is 0 Å². The van der Waals surface area contributed by atoms with Crippen molar-refractivity contribution in [2.24, 2.45) is 0 Å². The Morgan fingerprint density at radius 1 is 1.62 bits per heavy atom. The van der Waals surface area contributed by atoms with E-state index in [0.717, 1.165) is 0 Å². The third-order valence-electron chi connectivity index (χ3n) is 1.17. The van der Waals surface area contributed by atoms with Gasteiger partial charge in [-0.3, -0.25) is 9.78 Å². The molecule has 0 atom stereocenters. The standard InChI is InChI=1S/C8H8ClN3O/c1-2-3-8(13)12-7-5-10-4-6(9)11-7/h2-5H,1H3,(H,11,12,13)/b3-2+. The van der Waals surface area contributed by atoms with Crippen LogP contribution in [0.2, 0.25) is 5.15 Å². The Balaban J connectivity index is 2.69. The molecule has 0 bridgehead atoms. The zero-order valence-corrected chi connectivity index (χ0v) is 7.75. The summed E-state index contributed by atoms with van der Waals surface area (Å²) in [6.07, 6.45) is 5.84. The first-order chi connectivity index (χ1) is 6.22. The van der Waals surface area contributed by atoms with Crippen molar-refractivity contribution in [2.75, 3.05) is 5.32 Å². The van der Waals surface area contributed by atoms with Gasteiger partial charge >= 0.3 is 0 Å². The van der Waals surface area contributed by atoms with Crippen molar-refractivity contribution in [1.29, 1.82) is 0 Å². The van der Waals surface area contributed by atoms with E-state index in [-0.39, 0.29) is 11.1 Å². The lowest BCUT2D eigenvalue weighted by atomic mass is 10.5. The van der Waals surface area contributed by atoms with Crippen LogP contribution in [-0.2, 0) is 4.79 Å². The second-order valence-electron chi connectivity index (χ2n) is 2.22. The summed E-state index contributed by atoms with van der Waals surface area (Å²) in [7, 11) is 0. The number of hydrogen-bond donors (Lipinski definition) is 1. The highest BCUT2D eigenvalue weighted by Gasteiger charge is 1.98. The van der Waals surface area contributed by atoms with Gasteiger partial charge in [0.15, 0.2) is 5.82 Å². The fourth-order valence-electron chi connectivity index (χ4n) is 0.722. The van der Waals surface area contributed by atoms with Gasteiger partial charge in [0.2, 0.25) is 5.91 Å². The molecule has 1 heterocycles. The van der Waals surface area contributed by atoms with Crippen molar-refractivity contribution in [2.45, 2.75) is 6.92 Å². The number of allylic oxidation sites excluding steroid dienone is 1. The van der Waals surface area contributed by atoms with E-state index < -0.39 is 0 Å². The molecular formula is C8H8ClN3O. The van der Waals surface area contributed by atoms with E-state index in [1.54, 1.807) is 13.0 Å². The van der Waals surface area contributed by atoms with Crippen LogP contribution < -0.4 is 5.32 Å². The lowest BCUT2D eigenvalue weighted by Crippen LogP contribution is -2.09. The fraction of sp³-hybridized carbons (Fsp3) is 0.125. The smallest absolute Gasteiger partial charge is 0.249 e. The van der Waals surface area contributed by atoms with Gasteiger partial charge in [-0.1, -0.05) is 17.7 Å². The Morgan fingerprint density at radius 2 is 2.38 bits per heavy atom. The van der Waals surface area contributed by atoms with Crippen molar-refractivity contribution >= 4 is 23.3 Å². The summed E-state index contributed by atoms with van der Waals surface area (Å²) in [5, 5.41) is 2.75. The molecule has 68 valence electrons. The summed E-state index contributed by atoms with van der Waals surface area (Å²) >= 11 is 5.56. The molecule has 1 aromatic rings. The SMILES string of the molecule is C/C=C/C(=O)Nc1cncc(Cl)n1. The van der Waals surface area contributed by atoms with E-state index in [4.69, 9.17) is 11.6 Å². The number of halogens is 1. The lowest BCUT2D eigenvalue weighted by Gasteiger charge is -1.99. The molecule has 1 rings (SSSR count). The van der Waals surface area contributed by atoms with Gasteiger partial charge in [0.1, 0.15) is 5.15 Å². The van der Waals surface area contributed by atoms with E-state index in [2.05, 4.69) is 15.3 Å². The molecule has 4 nitrogen and oxygen atoms in total. The second-order valence-corrected chi connectivity index (χ2v) is 2.60. The minimum atomic E-state index is -0.251. The molecule has 0 aromatic carbocycles. The molecule has 0 aliphatic carbocycles. The number of nitrogens with zero attached hydrogens (tertiary/aromatic N) is 2. The summed E-state index contributed by atoms with van der Waals surface area (Å²) in [5.74, 6) is 0.0923. The number of hydrogen-bond acceptors (Lipinski definition) is 3. The van der Waals surface area contributed by atoms with E-state index in [1.807, 2.05) is 0 Å². The van der Waals surface area contributed by atoms with Crippen molar-refractivity contribution in [3.05, 3.63) is 29.7 Å². The zero-order chi connectivity index (χ0) is 9.68. The molecular weight excluding hydrogens is 190 g/mol. The van der Waals surface area contributed by atoms with Gasteiger partial charge in [-0.25, -0.2) is 4.98 Å². The van der Waals surface area contributed by atoms with Crippen LogP contribution in [0.4, 0.5) is 5.82 Å². The first-order valence-corrected chi connectivity index (χ1v) is 4.01. The molecule has 0 unspecified atom stereocenters. The van der Waals surface area contributed by atoms with Crippen LogP contribution in [0.15, 0.2) is 24.5 Å². The van der Waals surface area contributed by atoms with Gasteiger partial charge in [-0.2, -0.15) is 0 Å². The van der Waals surface area contributed by atoms with Crippen LogP contribution in [0.25, 0.3) is 0 Å². The molecule has 1 N–H and O–H groups in total. The maximum Gasteiger partial charge on any atom is 0.249 e. The third-order valence-corrected chi connectivity index (χ3v) is 1.36. The molecule has 13 heavy (non-hydrogen) atoms. The molecule has 5 heteroatoms. The van der Waals surface area contributed by atoms with Crippen LogP contribution in [-0.4, -0.2) is 15.9 Å². The first-order valence-electron chi connectivity index (χ1n) is 3.63. The summed E-state index contributed by atoms with van der Waals surface area (Å²) < 4.78 is 0. The minimum absolute atomic E-state index is 0.248. The van der Waals surface area contributed by atoms with Crippen LogP contribution in [0.5, 0.6) is 0 Å². The van der Waals surface area contributed by atoms with Crippen molar-refractivity contribution < 1.29 is 4.79 Å². The number of aromatic nitrogens is 2.